The first-order chi connectivity index (χ1) is 8.90. The van der Waals surface area contributed by atoms with E-state index in [9.17, 15) is 15.0 Å². The Hall–Kier alpha value is -1.75. The van der Waals surface area contributed by atoms with Gasteiger partial charge in [0.15, 0.2) is 0 Å². The first-order valence-electron chi connectivity index (χ1n) is 6.44. The minimum atomic E-state index is -0.0903. The van der Waals surface area contributed by atoms with Crippen LogP contribution in [0.1, 0.15) is 38.8 Å². The largest absolute Gasteiger partial charge is 0.508 e. The second-order valence-electron chi connectivity index (χ2n) is 4.89. The predicted octanol–water partition coefficient (Wildman–Crippen LogP) is 1.66. The van der Waals surface area contributed by atoms with Gasteiger partial charge in [0, 0.05) is 36.7 Å². The minimum absolute atomic E-state index is 0.00429. The summed E-state index contributed by atoms with van der Waals surface area (Å²) in [6.07, 6.45) is 0.390. The molecule has 0 spiro atoms. The summed E-state index contributed by atoms with van der Waals surface area (Å²) in [6.45, 7) is 6.26. The number of nitrogens with one attached hydrogen (secondary N) is 2. The third kappa shape index (κ3) is 5.18. The summed E-state index contributed by atoms with van der Waals surface area (Å²) >= 11 is 0. The number of rotatable bonds is 6. The Morgan fingerprint density at radius 3 is 2.53 bits per heavy atom. The molecule has 0 heterocycles. The van der Waals surface area contributed by atoms with Crippen molar-refractivity contribution < 1.29 is 15.0 Å². The van der Waals surface area contributed by atoms with E-state index in [1.54, 1.807) is 6.07 Å². The van der Waals surface area contributed by atoms with E-state index in [2.05, 4.69) is 10.6 Å². The van der Waals surface area contributed by atoms with Gasteiger partial charge in [-0.3, -0.25) is 4.79 Å². The fraction of sp³-hybridized carbons (Fsp3) is 0.500. The standard InChI is InChI=1S/C14H22N2O3/c1-9(2)16-14(19)6-7-15-10(3)12-5-4-11(17)8-13(12)18/h4-5,8-10,15,17-18H,6-7H2,1-3H3,(H,16,19). The summed E-state index contributed by atoms with van der Waals surface area (Å²) in [7, 11) is 0. The molecule has 0 saturated heterocycles. The van der Waals surface area contributed by atoms with Gasteiger partial charge in [0.2, 0.25) is 5.91 Å². The van der Waals surface area contributed by atoms with Gasteiger partial charge in [-0.25, -0.2) is 0 Å². The lowest BCUT2D eigenvalue weighted by molar-refractivity contribution is -0.121. The number of hydrogen-bond donors (Lipinski definition) is 4. The highest BCUT2D eigenvalue weighted by atomic mass is 16.3. The molecule has 1 aromatic carbocycles. The molecule has 1 amide bonds. The highest BCUT2D eigenvalue weighted by Gasteiger charge is 2.11. The predicted molar refractivity (Wildman–Crippen MR) is 74.1 cm³/mol. The molecule has 1 atom stereocenters. The van der Waals surface area contributed by atoms with Crippen LogP contribution in [0.15, 0.2) is 18.2 Å². The summed E-state index contributed by atoms with van der Waals surface area (Å²) in [5.41, 5.74) is 0.696. The first kappa shape index (κ1) is 15.3. The highest BCUT2D eigenvalue weighted by Crippen LogP contribution is 2.27. The van der Waals surface area contributed by atoms with Crippen LogP contribution in [0.25, 0.3) is 0 Å². The Labute approximate surface area is 113 Å². The molecule has 0 radical (unpaired) electrons. The van der Waals surface area contributed by atoms with Crippen molar-refractivity contribution >= 4 is 5.91 Å². The van der Waals surface area contributed by atoms with Crippen molar-refractivity contribution in [1.82, 2.24) is 10.6 Å². The maximum Gasteiger partial charge on any atom is 0.221 e. The van der Waals surface area contributed by atoms with Crippen LogP contribution in [0, 0.1) is 0 Å². The van der Waals surface area contributed by atoms with Gasteiger partial charge in [-0.05, 0) is 26.8 Å². The number of phenolic OH excluding ortho intramolecular Hbond substituents is 2. The fourth-order valence-corrected chi connectivity index (χ4v) is 1.80. The Morgan fingerprint density at radius 1 is 1.26 bits per heavy atom. The zero-order chi connectivity index (χ0) is 14.4. The summed E-state index contributed by atoms with van der Waals surface area (Å²) in [6, 6.07) is 4.55. The number of phenols is 2. The number of hydrogen-bond acceptors (Lipinski definition) is 4. The molecular formula is C14H22N2O3. The zero-order valence-electron chi connectivity index (χ0n) is 11.6. The van der Waals surface area contributed by atoms with Crippen molar-refractivity contribution in [2.24, 2.45) is 0 Å². The Kier molecular flexibility index (Phi) is 5.63. The molecule has 0 aliphatic rings. The van der Waals surface area contributed by atoms with Crippen LogP contribution >= 0.6 is 0 Å². The van der Waals surface area contributed by atoms with Crippen LogP contribution in [0.3, 0.4) is 0 Å². The number of carbonyl (C=O) groups is 1. The average molecular weight is 266 g/mol. The summed E-state index contributed by atoms with van der Waals surface area (Å²) < 4.78 is 0. The van der Waals surface area contributed by atoms with E-state index >= 15 is 0 Å². The molecule has 0 aromatic heterocycles. The molecule has 0 saturated carbocycles. The van der Waals surface area contributed by atoms with Gasteiger partial charge in [-0.1, -0.05) is 6.07 Å². The van der Waals surface area contributed by atoms with Crippen LogP contribution in [0.4, 0.5) is 0 Å². The van der Waals surface area contributed by atoms with Crippen LogP contribution in [-0.4, -0.2) is 28.7 Å². The first-order valence-corrected chi connectivity index (χ1v) is 6.44. The summed E-state index contributed by atoms with van der Waals surface area (Å²) in [5, 5.41) is 24.9. The SMILES string of the molecule is CC(C)NC(=O)CCNC(C)c1ccc(O)cc1O. The van der Waals surface area contributed by atoms with Crippen molar-refractivity contribution in [3.05, 3.63) is 23.8 Å². The third-order valence-corrected chi connectivity index (χ3v) is 2.73. The second-order valence-corrected chi connectivity index (χ2v) is 4.89. The lowest BCUT2D eigenvalue weighted by atomic mass is 10.1. The molecule has 0 fully saturated rings. The van der Waals surface area contributed by atoms with Gasteiger partial charge in [0.25, 0.3) is 0 Å². The number of amides is 1. The number of carbonyl (C=O) groups excluding carboxylic acids is 1. The van der Waals surface area contributed by atoms with E-state index in [0.29, 0.717) is 18.5 Å². The molecule has 0 aliphatic carbocycles. The van der Waals surface area contributed by atoms with Crippen molar-refractivity contribution in [2.45, 2.75) is 39.3 Å². The molecule has 19 heavy (non-hydrogen) atoms. The van der Waals surface area contributed by atoms with Gasteiger partial charge in [0.1, 0.15) is 11.5 Å². The molecule has 1 aromatic rings. The van der Waals surface area contributed by atoms with Crippen LogP contribution < -0.4 is 10.6 Å². The summed E-state index contributed by atoms with van der Waals surface area (Å²) in [4.78, 5) is 11.4. The fourth-order valence-electron chi connectivity index (χ4n) is 1.80. The molecule has 1 rings (SSSR count). The highest BCUT2D eigenvalue weighted by molar-refractivity contribution is 5.76. The topological polar surface area (TPSA) is 81.6 Å². The lowest BCUT2D eigenvalue weighted by Crippen LogP contribution is -2.33. The molecule has 106 valence electrons. The van der Waals surface area contributed by atoms with Gasteiger partial charge in [0.05, 0.1) is 0 Å². The molecule has 0 aliphatic heterocycles. The molecular weight excluding hydrogens is 244 g/mol. The van der Waals surface area contributed by atoms with Crippen LogP contribution in [0.2, 0.25) is 0 Å². The van der Waals surface area contributed by atoms with Gasteiger partial charge in [-0.15, -0.1) is 0 Å². The van der Waals surface area contributed by atoms with Gasteiger partial charge in [-0.2, -0.15) is 0 Å². The average Bonchev–Trinajstić information content (AvgIpc) is 2.27. The molecule has 1 unspecified atom stereocenters. The van der Waals surface area contributed by atoms with Crippen LogP contribution in [0.5, 0.6) is 11.5 Å². The molecule has 5 heteroatoms. The third-order valence-electron chi connectivity index (χ3n) is 2.73. The van der Waals surface area contributed by atoms with Crippen molar-refractivity contribution in [3.63, 3.8) is 0 Å². The van der Waals surface area contributed by atoms with E-state index in [1.165, 1.54) is 12.1 Å². The molecule has 4 N–H and O–H groups in total. The van der Waals surface area contributed by atoms with E-state index in [4.69, 9.17) is 0 Å². The van der Waals surface area contributed by atoms with E-state index < -0.39 is 0 Å². The minimum Gasteiger partial charge on any atom is -0.508 e. The van der Waals surface area contributed by atoms with Crippen molar-refractivity contribution in [3.8, 4) is 11.5 Å². The van der Waals surface area contributed by atoms with Gasteiger partial charge >= 0.3 is 0 Å². The molecule has 0 bridgehead atoms. The normalized spacial score (nSPS) is 12.4. The summed E-state index contributed by atoms with van der Waals surface area (Å²) in [5.74, 6) is 0.0843. The Morgan fingerprint density at radius 2 is 1.95 bits per heavy atom. The quantitative estimate of drug-likeness (QED) is 0.631. The van der Waals surface area contributed by atoms with E-state index in [1.807, 2.05) is 20.8 Å². The Bertz CT molecular complexity index is 433. The van der Waals surface area contributed by atoms with Gasteiger partial charge < -0.3 is 20.8 Å². The van der Waals surface area contributed by atoms with E-state index in [-0.39, 0.29) is 29.5 Å². The monoisotopic (exact) mass is 266 g/mol. The lowest BCUT2D eigenvalue weighted by Gasteiger charge is -2.16. The zero-order valence-corrected chi connectivity index (χ0v) is 11.6. The van der Waals surface area contributed by atoms with Crippen molar-refractivity contribution in [1.29, 1.82) is 0 Å². The van der Waals surface area contributed by atoms with E-state index in [0.717, 1.165) is 0 Å². The van der Waals surface area contributed by atoms with Crippen molar-refractivity contribution in [2.75, 3.05) is 6.54 Å². The Balaban J connectivity index is 2.43. The maximum atomic E-state index is 11.4. The number of benzene rings is 1. The van der Waals surface area contributed by atoms with Crippen LogP contribution in [-0.2, 0) is 4.79 Å². The smallest absolute Gasteiger partial charge is 0.221 e. The maximum absolute atomic E-state index is 11.4. The second kappa shape index (κ2) is 6.99. The molecule has 5 nitrogen and oxygen atoms in total. The number of aromatic hydroxyl groups is 2.